The number of esters is 1. The molecule has 0 aromatic heterocycles. The Bertz CT molecular complexity index is 400. The number of carbonyl (C=O) groups is 3. The molecule has 1 saturated heterocycles. The Morgan fingerprint density at radius 3 is 2.62 bits per heavy atom. The standard InChI is InChI=1S/C13H22N2O6/c1-8(12(18)20-3)7-15(2)13(19)14-6-9-4-5-10(21-9)11(16)17/h8-10H,4-7H2,1-3H3,(H,14,19)(H,16,17). The Morgan fingerprint density at radius 2 is 2.10 bits per heavy atom. The summed E-state index contributed by atoms with van der Waals surface area (Å²) in [7, 11) is 2.87. The van der Waals surface area contributed by atoms with Gasteiger partial charge in [0.2, 0.25) is 0 Å². The molecule has 0 aromatic rings. The van der Waals surface area contributed by atoms with E-state index in [0.717, 1.165) is 0 Å². The average Bonchev–Trinajstić information content (AvgIpc) is 2.92. The number of methoxy groups -OCH3 is 1. The molecule has 3 atom stereocenters. The highest BCUT2D eigenvalue weighted by Gasteiger charge is 2.30. The van der Waals surface area contributed by atoms with Gasteiger partial charge < -0.3 is 24.8 Å². The van der Waals surface area contributed by atoms with Crippen molar-refractivity contribution >= 4 is 18.0 Å². The highest BCUT2D eigenvalue weighted by molar-refractivity contribution is 5.76. The number of aliphatic carboxylic acids is 1. The van der Waals surface area contributed by atoms with E-state index >= 15 is 0 Å². The minimum Gasteiger partial charge on any atom is -0.479 e. The van der Waals surface area contributed by atoms with E-state index in [1.807, 2.05) is 0 Å². The Labute approximate surface area is 123 Å². The van der Waals surface area contributed by atoms with Crippen LogP contribution in [-0.4, -0.2) is 67.4 Å². The molecule has 21 heavy (non-hydrogen) atoms. The third-order valence-electron chi connectivity index (χ3n) is 3.36. The van der Waals surface area contributed by atoms with Crippen LogP contribution < -0.4 is 5.32 Å². The number of rotatable bonds is 6. The molecule has 0 aliphatic carbocycles. The zero-order valence-electron chi connectivity index (χ0n) is 12.5. The topological polar surface area (TPSA) is 105 Å². The Kier molecular flexibility index (Phi) is 6.41. The molecule has 8 nitrogen and oxygen atoms in total. The van der Waals surface area contributed by atoms with Crippen molar-refractivity contribution in [3.8, 4) is 0 Å². The molecule has 1 heterocycles. The number of ether oxygens (including phenoxy) is 2. The van der Waals surface area contributed by atoms with Gasteiger partial charge in [0.1, 0.15) is 0 Å². The minimum atomic E-state index is -0.979. The fraction of sp³-hybridized carbons (Fsp3) is 0.769. The Hall–Kier alpha value is -1.83. The van der Waals surface area contributed by atoms with Crippen molar-refractivity contribution in [2.75, 3.05) is 27.2 Å². The molecule has 0 bridgehead atoms. The van der Waals surface area contributed by atoms with Crippen LogP contribution in [0.1, 0.15) is 19.8 Å². The first-order valence-corrected chi connectivity index (χ1v) is 6.80. The number of carboxylic acid groups (broad SMARTS) is 1. The molecule has 120 valence electrons. The first-order chi connectivity index (χ1) is 9.85. The fourth-order valence-electron chi connectivity index (χ4n) is 2.14. The van der Waals surface area contributed by atoms with Gasteiger partial charge in [-0.1, -0.05) is 6.92 Å². The lowest BCUT2D eigenvalue weighted by atomic mass is 10.2. The summed E-state index contributed by atoms with van der Waals surface area (Å²) in [5.41, 5.74) is 0. The van der Waals surface area contributed by atoms with E-state index in [-0.39, 0.29) is 31.2 Å². The van der Waals surface area contributed by atoms with Crippen molar-refractivity contribution in [2.24, 2.45) is 5.92 Å². The molecule has 8 heteroatoms. The first kappa shape index (κ1) is 17.2. The van der Waals surface area contributed by atoms with Crippen LogP contribution >= 0.6 is 0 Å². The van der Waals surface area contributed by atoms with E-state index in [2.05, 4.69) is 10.1 Å². The van der Waals surface area contributed by atoms with Crippen LogP contribution in [0.5, 0.6) is 0 Å². The second kappa shape index (κ2) is 7.82. The maximum absolute atomic E-state index is 11.9. The van der Waals surface area contributed by atoms with E-state index in [1.165, 1.54) is 12.0 Å². The van der Waals surface area contributed by atoms with Crippen LogP contribution in [0.25, 0.3) is 0 Å². The summed E-state index contributed by atoms with van der Waals surface area (Å²) >= 11 is 0. The highest BCUT2D eigenvalue weighted by atomic mass is 16.5. The second-order valence-corrected chi connectivity index (χ2v) is 5.15. The van der Waals surface area contributed by atoms with Gasteiger partial charge in [-0.05, 0) is 12.8 Å². The molecule has 2 amide bonds. The number of carboxylic acids is 1. The number of amides is 2. The molecule has 0 aromatic carbocycles. The Morgan fingerprint density at radius 1 is 1.43 bits per heavy atom. The monoisotopic (exact) mass is 302 g/mol. The van der Waals surface area contributed by atoms with Gasteiger partial charge >= 0.3 is 18.0 Å². The fourth-order valence-corrected chi connectivity index (χ4v) is 2.14. The Balaban J connectivity index is 2.30. The van der Waals surface area contributed by atoms with Crippen LogP contribution in [0, 0.1) is 5.92 Å². The van der Waals surface area contributed by atoms with Crippen LogP contribution in [0.2, 0.25) is 0 Å². The van der Waals surface area contributed by atoms with E-state index in [1.54, 1.807) is 14.0 Å². The van der Waals surface area contributed by atoms with Gasteiger partial charge in [0.15, 0.2) is 6.10 Å². The zero-order chi connectivity index (χ0) is 16.0. The smallest absolute Gasteiger partial charge is 0.332 e. The maximum atomic E-state index is 11.9. The van der Waals surface area contributed by atoms with Crippen LogP contribution in [-0.2, 0) is 19.1 Å². The summed E-state index contributed by atoms with van der Waals surface area (Å²) in [5, 5.41) is 11.5. The summed E-state index contributed by atoms with van der Waals surface area (Å²) in [4.78, 5) is 35.3. The van der Waals surface area contributed by atoms with Crippen molar-refractivity contribution in [3.63, 3.8) is 0 Å². The quantitative estimate of drug-likeness (QED) is 0.673. The number of hydrogen-bond acceptors (Lipinski definition) is 5. The summed E-state index contributed by atoms with van der Waals surface area (Å²) in [6.45, 7) is 2.16. The lowest BCUT2D eigenvalue weighted by molar-refractivity contribution is -0.149. The van der Waals surface area contributed by atoms with Crippen LogP contribution in [0.15, 0.2) is 0 Å². The van der Waals surface area contributed by atoms with Gasteiger partial charge in [-0.2, -0.15) is 0 Å². The molecular weight excluding hydrogens is 280 g/mol. The number of hydrogen-bond donors (Lipinski definition) is 2. The van der Waals surface area contributed by atoms with Gasteiger partial charge in [-0.15, -0.1) is 0 Å². The van der Waals surface area contributed by atoms with E-state index in [4.69, 9.17) is 9.84 Å². The maximum Gasteiger partial charge on any atom is 0.332 e. The van der Waals surface area contributed by atoms with Gasteiger partial charge in [0, 0.05) is 20.1 Å². The second-order valence-electron chi connectivity index (χ2n) is 5.15. The number of urea groups is 1. The van der Waals surface area contributed by atoms with E-state index in [0.29, 0.717) is 12.8 Å². The van der Waals surface area contributed by atoms with Crippen molar-refractivity contribution < 1.29 is 29.0 Å². The summed E-state index contributed by atoms with van der Waals surface area (Å²) in [6, 6.07) is -0.340. The molecule has 0 spiro atoms. The number of carbonyl (C=O) groups excluding carboxylic acids is 2. The van der Waals surface area contributed by atoms with Crippen molar-refractivity contribution in [1.29, 1.82) is 0 Å². The normalized spacial score (nSPS) is 22.4. The molecule has 1 aliphatic rings. The molecule has 0 saturated carbocycles. The van der Waals surface area contributed by atoms with E-state index < -0.39 is 18.0 Å². The van der Waals surface area contributed by atoms with Gasteiger partial charge in [0.05, 0.1) is 19.1 Å². The predicted octanol–water partition coefficient (Wildman–Crippen LogP) is 0.0691. The minimum absolute atomic E-state index is 0.238. The van der Waals surface area contributed by atoms with Crippen LogP contribution in [0.3, 0.4) is 0 Å². The number of nitrogens with zero attached hydrogens (tertiary/aromatic N) is 1. The van der Waals surface area contributed by atoms with Gasteiger partial charge in [-0.3, -0.25) is 4.79 Å². The average molecular weight is 302 g/mol. The van der Waals surface area contributed by atoms with Gasteiger partial charge in [-0.25, -0.2) is 9.59 Å². The van der Waals surface area contributed by atoms with Crippen molar-refractivity contribution in [1.82, 2.24) is 10.2 Å². The zero-order valence-corrected chi connectivity index (χ0v) is 12.5. The SMILES string of the molecule is COC(=O)C(C)CN(C)C(=O)NCC1CCC(C(=O)O)O1. The molecule has 1 fully saturated rings. The van der Waals surface area contributed by atoms with Crippen LogP contribution in [0.4, 0.5) is 4.79 Å². The van der Waals surface area contributed by atoms with Gasteiger partial charge in [0.25, 0.3) is 0 Å². The summed E-state index contributed by atoms with van der Waals surface area (Å²) in [6.07, 6.45) is -0.0320. The lowest BCUT2D eigenvalue weighted by Crippen LogP contribution is -2.43. The van der Waals surface area contributed by atoms with E-state index in [9.17, 15) is 14.4 Å². The molecule has 3 unspecified atom stereocenters. The lowest BCUT2D eigenvalue weighted by Gasteiger charge is -2.21. The molecular formula is C13H22N2O6. The molecule has 0 radical (unpaired) electrons. The largest absolute Gasteiger partial charge is 0.479 e. The highest BCUT2D eigenvalue weighted by Crippen LogP contribution is 2.19. The molecule has 1 rings (SSSR count). The molecule has 2 N–H and O–H groups in total. The molecule has 1 aliphatic heterocycles. The third kappa shape index (κ3) is 5.22. The number of nitrogens with one attached hydrogen (secondary N) is 1. The van der Waals surface area contributed by atoms with Crippen molar-refractivity contribution in [2.45, 2.75) is 32.0 Å². The first-order valence-electron chi connectivity index (χ1n) is 6.80. The predicted molar refractivity (Wildman–Crippen MR) is 72.7 cm³/mol. The third-order valence-corrected chi connectivity index (χ3v) is 3.36. The summed E-state index contributed by atoms with van der Waals surface area (Å²) < 4.78 is 9.88. The van der Waals surface area contributed by atoms with Crippen molar-refractivity contribution in [3.05, 3.63) is 0 Å². The summed E-state index contributed by atoms with van der Waals surface area (Å²) in [5.74, 6) is -1.77.